The van der Waals surface area contributed by atoms with Gasteiger partial charge in [-0.2, -0.15) is 0 Å². The fourth-order valence-electron chi connectivity index (χ4n) is 3.03. The maximum Gasteiger partial charge on any atom is 0.371 e. The molecule has 22 heavy (non-hydrogen) atoms. The molecule has 1 rings (SSSR count). The third kappa shape index (κ3) is 6.63. The lowest BCUT2D eigenvalue weighted by Gasteiger charge is -2.27. The molecule has 0 bridgehead atoms. The van der Waals surface area contributed by atoms with Gasteiger partial charge in [0.25, 0.3) is 0 Å². The van der Waals surface area contributed by atoms with E-state index in [2.05, 4.69) is 31.2 Å². The van der Waals surface area contributed by atoms with Crippen molar-refractivity contribution < 1.29 is 8.85 Å². The Morgan fingerprint density at radius 2 is 1.23 bits per heavy atom. The van der Waals surface area contributed by atoms with Gasteiger partial charge in [0.1, 0.15) is 0 Å². The van der Waals surface area contributed by atoms with Crippen LogP contribution in [0.5, 0.6) is 0 Å². The van der Waals surface area contributed by atoms with Gasteiger partial charge in [-0.15, -0.1) is 0 Å². The van der Waals surface area contributed by atoms with Crippen LogP contribution in [0.25, 0.3) is 0 Å². The molecule has 0 aliphatic rings. The van der Waals surface area contributed by atoms with Crippen molar-refractivity contribution in [2.75, 3.05) is 14.2 Å². The molecule has 0 saturated carbocycles. The van der Waals surface area contributed by atoms with Gasteiger partial charge in [0.15, 0.2) is 0 Å². The molecule has 0 atom stereocenters. The van der Waals surface area contributed by atoms with Crippen LogP contribution in [0.2, 0.25) is 6.04 Å². The third-order valence-electron chi connectivity index (χ3n) is 4.48. The van der Waals surface area contributed by atoms with Crippen LogP contribution in [-0.4, -0.2) is 22.8 Å². The van der Waals surface area contributed by atoms with E-state index in [0.717, 1.165) is 6.04 Å². The Morgan fingerprint density at radius 3 is 1.73 bits per heavy atom. The zero-order valence-electron chi connectivity index (χ0n) is 14.8. The highest BCUT2D eigenvalue weighted by Crippen LogP contribution is 2.18. The first kappa shape index (κ1) is 19.4. The van der Waals surface area contributed by atoms with Gasteiger partial charge >= 0.3 is 8.56 Å². The first-order valence-electron chi connectivity index (χ1n) is 8.95. The van der Waals surface area contributed by atoms with Crippen LogP contribution >= 0.6 is 0 Å². The van der Waals surface area contributed by atoms with Crippen molar-refractivity contribution in [2.45, 2.75) is 70.8 Å². The monoisotopic (exact) mass is 322 g/mol. The van der Waals surface area contributed by atoms with Gasteiger partial charge in [-0.1, -0.05) is 95.0 Å². The fraction of sp³-hybridized carbons (Fsp3) is 0.684. The highest BCUT2D eigenvalue weighted by molar-refractivity contribution is 6.81. The summed E-state index contributed by atoms with van der Waals surface area (Å²) in [6.07, 6.45) is 12.2. The normalized spacial score (nSPS) is 11.8. The van der Waals surface area contributed by atoms with E-state index in [1.165, 1.54) is 63.0 Å². The van der Waals surface area contributed by atoms with Crippen molar-refractivity contribution >= 4 is 13.7 Å². The van der Waals surface area contributed by atoms with E-state index in [9.17, 15) is 0 Å². The number of benzene rings is 1. The Hall–Kier alpha value is -0.643. The number of hydrogen-bond acceptors (Lipinski definition) is 2. The Balaban J connectivity index is 2.25. The van der Waals surface area contributed by atoms with Crippen LogP contribution in [0.15, 0.2) is 30.3 Å². The molecule has 1 aromatic carbocycles. The molecule has 0 N–H and O–H groups in total. The summed E-state index contributed by atoms with van der Waals surface area (Å²) in [5.41, 5.74) is 0. The van der Waals surface area contributed by atoms with E-state index < -0.39 is 8.56 Å². The molecular weight excluding hydrogens is 288 g/mol. The summed E-state index contributed by atoms with van der Waals surface area (Å²) in [5, 5.41) is 1.25. The summed E-state index contributed by atoms with van der Waals surface area (Å²) in [5.74, 6) is 0. The first-order chi connectivity index (χ1) is 10.8. The standard InChI is InChI=1S/C19H34O2Si/c1-4-5-6-7-8-9-10-11-15-18-22(20-2,21-3)19-16-13-12-14-17-19/h12-14,16-17H,4-11,15,18H2,1-3H3. The number of rotatable bonds is 13. The summed E-state index contributed by atoms with van der Waals surface area (Å²) in [7, 11) is 1.40. The third-order valence-corrected chi connectivity index (χ3v) is 8.03. The second-order valence-electron chi connectivity index (χ2n) is 6.11. The SMILES string of the molecule is CCCCCCCCCCC[Si](OC)(OC)c1ccccc1. The second-order valence-corrected chi connectivity index (χ2v) is 9.51. The molecule has 0 aliphatic heterocycles. The Kier molecular flexibility index (Phi) is 10.5. The van der Waals surface area contributed by atoms with E-state index in [4.69, 9.17) is 8.85 Å². The Bertz CT molecular complexity index is 363. The summed E-state index contributed by atoms with van der Waals surface area (Å²) < 4.78 is 11.7. The van der Waals surface area contributed by atoms with Crippen molar-refractivity contribution in [1.82, 2.24) is 0 Å². The van der Waals surface area contributed by atoms with Crippen LogP contribution in [0.4, 0.5) is 0 Å². The minimum absolute atomic E-state index is 1.06. The number of hydrogen-bond donors (Lipinski definition) is 0. The summed E-state index contributed by atoms with van der Waals surface area (Å²) in [4.78, 5) is 0. The van der Waals surface area contributed by atoms with Gasteiger partial charge in [0.05, 0.1) is 0 Å². The Labute approximate surface area is 138 Å². The molecule has 0 aromatic heterocycles. The van der Waals surface area contributed by atoms with Crippen molar-refractivity contribution in [2.24, 2.45) is 0 Å². The topological polar surface area (TPSA) is 18.5 Å². The van der Waals surface area contributed by atoms with E-state index in [-0.39, 0.29) is 0 Å². The molecule has 0 radical (unpaired) electrons. The molecule has 0 unspecified atom stereocenters. The highest BCUT2D eigenvalue weighted by atomic mass is 28.4. The lowest BCUT2D eigenvalue weighted by molar-refractivity contribution is 0.256. The quantitative estimate of drug-likeness (QED) is 0.369. The summed E-state index contributed by atoms with van der Waals surface area (Å²) >= 11 is 0. The second kappa shape index (κ2) is 11.9. The largest absolute Gasteiger partial charge is 0.394 e. The Morgan fingerprint density at radius 1 is 0.727 bits per heavy atom. The van der Waals surface area contributed by atoms with Gasteiger partial charge in [0, 0.05) is 14.2 Å². The number of unbranched alkanes of at least 4 members (excludes halogenated alkanes) is 8. The fourth-order valence-corrected chi connectivity index (χ4v) is 5.78. The maximum absolute atomic E-state index is 5.86. The molecule has 1 aromatic rings. The van der Waals surface area contributed by atoms with Gasteiger partial charge in [-0.05, 0) is 11.2 Å². The average Bonchev–Trinajstić information content (AvgIpc) is 2.58. The average molecular weight is 323 g/mol. The molecule has 0 fully saturated rings. The minimum Gasteiger partial charge on any atom is -0.394 e. The van der Waals surface area contributed by atoms with Crippen molar-refractivity contribution in [1.29, 1.82) is 0 Å². The summed E-state index contributed by atoms with van der Waals surface area (Å²) in [6, 6.07) is 11.5. The molecule has 0 saturated heterocycles. The van der Waals surface area contributed by atoms with E-state index in [1.54, 1.807) is 14.2 Å². The minimum atomic E-state index is -2.21. The maximum atomic E-state index is 5.86. The summed E-state index contributed by atoms with van der Waals surface area (Å²) in [6.45, 7) is 2.27. The van der Waals surface area contributed by atoms with E-state index >= 15 is 0 Å². The molecule has 0 amide bonds. The molecule has 2 nitrogen and oxygen atoms in total. The molecule has 0 aliphatic carbocycles. The molecule has 3 heteroatoms. The molecule has 126 valence electrons. The van der Waals surface area contributed by atoms with E-state index in [1.807, 2.05) is 6.07 Å². The van der Waals surface area contributed by atoms with Gasteiger partial charge in [-0.3, -0.25) is 0 Å². The smallest absolute Gasteiger partial charge is 0.371 e. The molecule has 0 heterocycles. The lowest BCUT2D eigenvalue weighted by atomic mass is 10.1. The highest BCUT2D eigenvalue weighted by Gasteiger charge is 2.37. The van der Waals surface area contributed by atoms with Crippen molar-refractivity contribution in [3.05, 3.63) is 30.3 Å². The van der Waals surface area contributed by atoms with Crippen molar-refractivity contribution in [3.8, 4) is 0 Å². The zero-order chi connectivity index (χ0) is 16.1. The van der Waals surface area contributed by atoms with E-state index in [0.29, 0.717) is 0 Å². The van der Waals surface area contributed by atoms with Crippen LogP contribution in [0, 0.1) is 0 Å². The van der Waals surface area contributed by atoms with Gasteiger partial charge in [0.2, 0.25) is 0 Å². The molecule has 0 spiro atoms. The van der Waals surface area contributed by atoms with Gasteiger partial charge in [-0.25, -0.2) is 0 Å². The van der Waals surface area contributed by atoms with Crippen LogP contribution in [-0.2, 0) is 8.85 Å². The van der Waals surface area contributed by atoms with Crippen LogP contribution in [0.1, 0.15) is 64.7 Å². The van der Waals surface area contributed by atoms with Gasteiger partial charge < -0.3 is 8.85 Å². The first-order valence-corrected chi connectivity index (χ1v) is 11.0. The van der Waals surface area contributed by atoms with Crippen LogP contribution in [0.3, 0.4) is 0 Å². The van der Waals surface area contributed by atoms with Crippen molar-refractivity contribution in [3.63, 3.8) is 0 Å². The lowest BCUT2D eigenvalue weighted by Crippen LogP contribution is -2.52. The molecular formula is C19H34O2Si. The van der Waals surface area contributed by atoms with Crippen LogP contribution < -0.4 is 5.19 Å². The predicted octanol–water partition coefficient (Wildman–Crippen LogP) is 5.16. The zero-order valence-corrected chi connectivity index (χ0v) is 15.8. The predicted molar refractivity (Wildman–Crippen MR) is 97.9 cm³/mol.